The summed E-state index contributed by atoms with van der Waals surface area (Å²) in [5.41, 5.74) is 1.69. The first kappa shape index (κ1) is 10.9. The van der Waals surface area contributed by atoms with E-state index >= 15 is 0 Å². The number of aliphatic hydroxyl groups is 1. The highest BCUT2D eigenvalue weighted by molar-refractivity contribution is 6.34. The fraction of sp³-hybridized carbons (Fsp3) is 0.667. The minimum atomic E-state index is -0.889. The first-order chi connectivity index (χ1) is 5.61. The van der Waals surface area contributed by atoms with Crippen LogP contribution in [-0.2, 0) is 9.59 Å². The molecule has 70 valence electrons. The highest BCUT2D eigenvalue weighted by atomic mass is 16.3. The summed E-state index contributed by atoms with van der Waals surface area (Å²) in [5.74, 6) is 2.95. The van der Waals surface area contributed by atoms with E-state index in [1.807, 2.05) is 0 Å². The molecule has 0 radical (unpaired) electrons. The molecule has 0 aliphatic rings. The van der Waals surface area contributed by atoms with Crippen LogP contribution in [0.4, 0.5) is 0 Å². The number of hydrogen-bond acceptors (Lipinski definition) is 4. The standard InChI is InChI=1S/C6H13N3O3/c1-4(3-10)2-8-5(11)6(12)9-7/h4,10H,2-3,7H2,1H3,(H,8,11)(H,9,12). The Morgan fingerprint density at radius 2 is 2.08 bits per heavy atom. The van der Waals surface area contributed by atoms with E-state index < -0.39 is 11.8 Å². The molecule has 5 N–H and O–H groups in total. The molecule has 0 saturated carbocycles. The number of carbonyl (C=O) groups is 2. The average Bonchev–Trinajstić information content (AvgIpc) is 2.11. The zero-order valence-corrected chi connectivity index (χ0v) is 6.83. The van der Waals surface area contributed by atoms with E-state index in [1.54, 1.807) is 12.3 Å². The van der Waals surface area contributed by atoms with E-state index in [4.69, 9.17) is 10.9 Å². The van der Waals surface area contributed by atoms with E-state index in [0.717, 1.165) is 0 Å². The molecule has 6 nitrogen and oxygen atoms in total. The van der Waals surface area contributed by atoms with Gasteiger partial charge in [-0.2, -0.15) is 0 Å². The summed E-state index contributed by atoms with van der Waals surface area (Å²) in [6, 6.07) is 0. The van der Waals surface area contributed by atoms with Crippen LogP contribution in [0, 0.1) is 5.92 Å². The van der Waals surface area contributed by atoms with E-state index in [9.17, 15) is 9.59 Å². The van der Waals surface area contributed by atoms with E-state index in [-0.39, 0.29) is 19.1 Å². The molecule has 0 saturated heterocycles. The van der Waals surface area contributed by atoms with Crippen LogP contribution in [0.5, 0.6) is 0 Å². The second kappa shape index (κ2) is 5.50. The van der Waals surface area contributed by atoms with Crippen LogP contribution in [0.25, 0.3) is 0 Å². The lowest BCUT2D eigenvalue weighted by Crippen LogP contribution is -2.44. The Hall–Kier alpha value is -1.14. The molecule has 0 bridgehead atoms. The van der Waals surface area contributed by atoms with E-state index in [1.165, 1.54) is 0 Å². The van der Waals surface area contributed by atoms with Gasteiger partial charge in [0, 0.05) is 13.2 Å². The van der Waals surface area contributed by atoms with Gasteiger partial charge in [-0.15, -0.1) is 0 Å². The van der Waals surface area contributed by atoms with Crippen molar-refractivity contribution in [3.05, 3.63) is 0 Å². The van der Waals surface area contributed by atoms with Crippen LogP contribution >= 0.6 is 0 Å². The van der Waals surface area contributed by atoms with E-state index in [0.29, 0.717) is 0 Å². The van der Waals surface area contributed by atoms with Crippen molar-refractivity contribution in [1.29, 1.82) is 0 Å². The predicted octanol–water partition coefficient (Wildman–Crippen LogP) is -2.28. The maximum absolute atomic E-state index is 10.7. The zero-order valence-electron chi connectivity index (χ0n) is 6.83. The summed E-state index contributed by atoms with van der Waals surface area (Å²) in [7, 11) is 0. The summed E-state index contributed by atoms with van der Waals surface area (Å²) >= 11 is 0. The molecular weight excluding hydrogens is 162 g/mol. The largest absolute Gasteiger partial charge is 0.396 e. The van der Waals surface area contributed by atoms with E-state index in [2.05, 4.69) is 5.32 Å². The fourth-order valence-electron chi connectivity index (χ4n) is 0.477. The molecule has 0 aromatic rings. The molecule has 6 heteroatoms. The summed E-state index contributed by atoms with van der Waals surface area (Å²) in [4.78, 5) is 21.2. The van der Waals surface area contributed by atoms with Crippen LogP contribution in [-0.4, -0.2) is 30.1 Å². The molecular formula is C6H13N3O3. The Bertz CT molecular complexity index is 171. The Kier molecular flexibility index (Phi) is 4.98. The van der Waals surface area contributed by atoms with Crippen molar-refractivity contribution in [1.82, 2.24) is 10.7 Å². The van der Waals surface area contributed by atoms with Gasteiger partial charge in [0.25, 0.3) is 0 Å². The Labute approximate surface area is 70.1 Å². The van der Waals surface area contributed by atoms with Gasteiger partial charge in [-0.1, -0.05) is 6.92 Å². The van der Waals surface area contributed by atoms with Crippen LogP contribution in [0.15, 0.2) is 0 Å². The first-order valence-electron chi connectivity index (χ1n) is 3.51. The van der Waals surface area contributed by atoms with Gasteiger partial charge < -0.3 is 10.4 Å². The van der Waals surface area contributed by atoms with Gasteiger partial charge in [0.05, 0.1) is 0 Å². The highest BCUT2D eigenvalue weighted by Gasteiger charge is 2.11. The molecule has 2 amide bonds. The molecule has 1 unspecified atom stereocenters. The van der Waals surface area contributed by atoms with Gasteiger partial charge in [0.15, 0.2) is 0 Å². The number of nitrogens with two attached hydrogens (primary N) is 1. The van der Waals surface area contributed by atoms with Crippen molar-refractivity contribution in [2.45, 2.75) is 6.92 Å². The zero-order chi connectivity index (χ0) is 9.56. The molecule has 0 fully saturated rings. The van der Waals surface area contributed by atoms with Gasteiger partial charge in [0.2, 0.25) is 0 Å². The lowest BCUT2D eigenvalue weighted by Gasteiger charge is -2.07. The van der Waals surface area contributed by atoms with Crippen LogP contribution in [0.3, 0.4) is 0 Å². The predicted molar refractivity (Wildman–Crippen MR) is 41.6 cm³/mol. The third kappa shape index (κ3) is 3.89. The number of carbonyl (C=O) groups excluding carboxylic acids is 2. The Morgan fingerprint density at radius 1 is 1.50 bits per heavy atom. The van der Waals surface area contributed by atoms with Gasteiger partial charge >= 0.3 is 11.8 Å². The highest BCUT2D eigenvalue weighted by Crippen LogP contribution is 1.87. The summed E-state index contributed by atoms with van der Waals surface area (Å²) in [6.45, 7) is 1.95. The van der Waals surface area contributed by atoms with Crippen molar-refractivity contribution in [3.8, 4) is 0 Å². The molecule has 0 aromatic heterocycles. The second-order valence-electron chi connectivity index (χ2n) is 2.47. The molecule has 0 heterocycles. The molecule has 0 rings (SSSR count). The SMILES string of the molecule is CC(CO)CNC(=O)C(=O)NN. The minimum absolute atomic E-state index is 0.0372. The van der Waals surface area contributed by atoms with Crippen molar-refractivity contribution >= 4 is 11.8 Å². The maximum atomic E-state index is 10.7. The lowest BCUT2D eigenvalue weighted by molar-refractivity contribution is -0.139. The fourth-order valence-corrected chi connectivity index (χ4v) is 0.477. The number of aliphatic hydroxyl groups excluding tert-OH is 1. The third-order valence-electron chi connectivity index (χ3n) is 1.26. The van der Waals surface area contributed by atoms with Crippen molar-refractivity contribution in [3.63, 3.8) is 0 Å². The molecule has 12 heavy (non-hydrogen) atoms. The maximum Gasteiger partial charge on any atom is 0.323 e. The molecule has 0 aromatic carbocycles. The Morgan fingerprint density at radius 3 is 2.50 bits per heavy atom. The minimum Gasteiger partial charge on any atom is -0.396 e. The quantitative estimate of drug-likeness (QED) is 0.168. The number of hydrogen-bond donors (Lipinski definition) is 4. The first-order valence-corrected chi connectivity index (χ1v) is 3.51. The van der Waals surface area contributed by atoms with Gasteiger partial charge in [-0.05, 0) is 5.92 Å². The molecule has 0 aliphatic carbocycles. The van der Waals surface area contributed by atoms with Crippen molar-refractivity contribution < 1.29 is 14.7 Å². The van der Waals surface area contributed by atoms with Gasteiger partial charge in [-0.25, -0.2) is 5.84 Å². The normalized spacial score (nSPS) is 11.9. The molecule has 1 atom stereocenters. The number of hydrazine groups is 1. The van der Waals surface area contributed by atoms with Crippen LogP contribution in [0.2, 0.25) is 0 Å². The lowest BCUT2D eigenvalue weighted by atomic mass is 10.2. The topological polar surface area (TPSA) is 104 Å². The van der Waals surface area contributed by atoms with Crippen LogP contribution in [0.1, 0.15) is 6.92 Å². The number of amides is 2. The monoisotopic (exact) mass is 175 g/mol. The summed E-state index contributed by atoms with van der Waals surface area (Å²) < 4.78 is 0. The van der Waals surface area contributed by atoms with Crippen molar-refractivity contribution in [2.75, 3.05) is 13.2 Å². The Balaban J connectivity index is 3.64. The average molecular weight is 175 g/mol. The number of nitrogens with one attached hydrogen (secondary N) is 2. The smallest absolute Gasteiger partial charge is 0.323 e. The molecule has 0 aliphatic heterocycles. The molecule has 0 spiro atoms. The van der Waals surface area contributed by atoms with Crippen molar-refractivity contribution in [2.24, 2.45) is 11.8 Å². The number of rotatable bonds is 3. The summed E-state index contributed by atoms with van der Waals surface area (Å²) in [6.07, 6.45) is 0. The second-order valence-corrected chi connectivity index (χ2v) is 2.47. The summed E-state index contributed by atoms with van der Waals surface area (Å²) in [5, 5.41) is 10.9. The van der Waals surface area contributed by atoms with Gasteiger partial charge in [-0.3, -0.25) is 15.0 Å². The van der Waals surface area contributed by atoms with Crippen LogP contribution < -0.4 is 16.6 Å². The third-order valence-corrected chi connectivity index (χ3v) is 1.26. The van der Waals surface area contributed by atoms with Gasteiger partial charge in [0.1, 0.15) is 0 Å².